The molecule has 2 heterocycles. The fourth-order valence-corrected chi connectivity index (χ4v) is 2.23. The second-order valence-electron chi connectivity index (χ2n) is 4.64. The summed E-state index contributed by atoms with van der Waals surface area (Å²) in [6, 6.07) is 4.12. The minimum absolute atomic E-state index is 0.537. The molecule has 94 valence electrons. The average molecular weight is 234 g/mol. The van der Waals surface area contributed by atoms with Crippen LogP contribution in [-0.4, -0.2) is 30.8 Å². The molecule has 3 heteroatoms. The molecule has 1 unspecified atom stereocenters. The predicted octanol–water partition coefficient (Wildman–Crippen LogP) is 2.17. The number of hydrogen-bond donors (Lipinski definition) is 1. The van der Waals surface area contributed by atoms with Crippen molar-refractivity contribution >= 4 is 0 Å². The highest BCUT2D eigenvalue weighted by Crippen LogP contribution is 2.16. The van der Waals surface area contributed by atoms with Crippen LogP contribution in [-0.2, 0) is 11.2 Å². The van der Waals surface area contributed by atoms with Crippen molar-refractivity contribution in [3.63, 3.8) is 0 Å². The number of hydrogen-bond acceptors (Lipinski definition) is 3. The normalized spacial score (nSPS) is 19.6. The molecule has 1 N–H and O–H groups in total. The van der Waals surface area contributed by atoms with Crippen molar-refractivity contribution in [2.75, 3.05) is 19.7 Å². The fourth-order valence-electron chi connectivity index (χ4n) is 2.23. The van der Waals surface area contributed by atoms with Crippen LogP contribution in [0.1, 0.15) is 31.2 Å². The van der Waals surface area contributed by atoms with Gasteiger partial charge in [0.25, 0.3) is 0 Å². The Kier molecular flexibility index (Phi) is 5.46. The molecular weight excluding hydrogens is 212 g/mol. The summed E-state index contributed by atoms with van der Waals surface area (Å²) >= 11 is 0. The maximum atomic E-state index is 5.59. The quantitative estimate of drug-likeness (QED) is 0.734. The first-order chi connectivity index (χ1) is 8.45. The standard InChI is InChI=1S/C14H22N2O/c1-4-13(12-16-9-1)7-10-15-8-2-5-14-6-3-11-17-14/h1,4,9,12,14-15H,2-3,5-8,10-11H2. The molecule has 0 amide bonds. The molecule has 1 atom stereocenters. The minimum Gasteiger partial charge on any atom is -0.378 e. The molecule has 0 bridgehead atoms. The summed E-state index contributed by atoms with van der Waals surface area (Å²) in [7, 11) is 0. The van der Waals surface area contributed by atoms with Gasteiger partial charge in [0.2, 0.25) is 0 Å². The average Bonchev–Trinajstić information content (AvgIpc) is 2.88. The summed E-state index contributed by atoms with van der Waals surface area (Å²) in [6.45, 7) is 3.11. The van der Waals surface area contributed by atoms with Crippen LogP contribution in [0, 0.1) is 0 Å². The summed E-state index contributed by atoms with van der Waals surface area (Å²) < 4.78 is 5.59. The van der Waals surface area contributed by atoms with Crippen LogP contribution in [0.2, 0.25) is 0 Å². The molecule has 1 aliphatic heterocycles. The van der Waals surface area contributed by atoms with Crippen molar-refractivity contribution in [1.82, 2.24) is 10.3 Å². The lowest BCUT2D eigenvalue weighted by Crippen LogP contribution is -2.20. The molecule has 0 radical (unpaired) electrons. The Morgan fingerprint density at radius 3 is 3.18 bits per heavy atom. The SMILES string of the molecule is c1cncc(CCNCCCC2CCCO2)c1. The third kappa shape index (κ3) is 4.84. The molecule has 1 fully saturated rings. The fraction of sp³-hybridized carbons (Fsp3) is 0.643. The molecule has 1 aliphatic rings. The van der Waals surface area contributed by atoms with Gasteiger partial charge < -0.3 is 10.1 Å². The van der Waals surface area contributed by atoms with E-state index >= 15 is 0 Å². The zero-order valence-electron chi connectivity index (χ0n) is 10.4. The van der Waals surface area contributed by atoms with E-state index in [0.717, 1.165) is 26.1 Å². The molecule has 17 heavy (non-hydrogen) atoms. The van der Waals surface area contributed by atoms with Crippen molar-refractivity contribution in [2.24, 2.45) is 0 Å². The van der Waals surface area contributed by atoms with Crippen molar-refractivity contribution in [3.05, 3.63) is 30.1 Å². The van der Waals surface area contributed by atoms with E-state index in [-0.39, 0.29) is 0 Å². The first kappa shape index (κ1) is 12.5. The lowest BCUT2D eigenvalue weighted by molar-refractivity contribution is 0.102. The molecule has 3 nitrogen and oxygen atoms in total. The monoisotopic (exact) mass is 234 g/mol. The topological polar surface area (TPSA) is 34.2 Å². The first-order valence-electron chi connectivity index (χ1n) is 6.66. The largest absolute Gasteiger partial charge is 0.378 e. The molecule has 2 rings (SSSR count). The van der Waals surface area contributed by atoms with Crippen molar-refractivity contribution in [1.29, 1.82) is 0 Å². The lowest BCUT2D eigenvalue weighted by atomic mass is 10.1. The molecule has 0 saturated carbocycles. The van der Waals surface area contributed by atoms with E-state index in [1.807, 2.05) is 18.5 Å². The Morgan fingerprint density at radius 1 is 1.41 bits per heavy atom. The molecule has 0 aliphatic carbocycles. The Balaban J connectivity index is 1.46. The molecule has 1 aromatic rings. The summed E-state index contributed by atoms with van der Waals surface area (Å²) in [5.74, 6) is 0. The molecule has 1 aromatic heterocycles. The Labute approximate surface area is 104 Å². The van der Waals surface area contributed by atoms with Crippen molar-refractivity contribution in [2.45, 2.75) is 38.2 Å². The maximum absolute atomic E-state index is 5.59. The van der Waals surface area contributed by atoms with E-state index in [1.54, 1.807) is 0 Å². The van der Waals surface area contributed by atoms with Crippen LogP contribution in [0.3, 0.4) is 0 Å². The van der Waals surface area contributed by atoms with Gasteiger partial charge in [-0.15, -0.1) is 0 Å². The molecule has 0 spiro atoms. The van der Waals surface area contributed by atoms with E-state index in [1.165, 1.54) is 31.2 Å². The van der Waals surface area contributed by atoms with E-state index in [4.69, 9.17) is 4.74 Å². The van der Waals surface area contributed by atoms with E-state index in [2.05, 4.69) is 16.4 Å². The van der Waals surface area contributed by atoms with Crippen LogP contribution < -0.4 is 5.32 Å². The van der Waals surface area contributed by atoms with E-state index in [0.29, 0.717) is 6.10 Å². The second kappa shape index (κ2) is 7.41. The van der Waals surface area contributed by atoms with Gasteiger partial charge in [0.15, 0.2) is 0 Å². The molecular formula is C14H22N2O. The Hall–Kier alpha value is -0.930. The van der Waals surface area contributed by atoms with Gasteiger partial charge in [0, 0.05) is 19.0 Å². The van der Waals surface area contributed by atoms with Gasteiger partial charge in [-0.05, 0) is 56.8 Å². The summed E-state index contributed by atoms with van der Waals surface area (Å²) in [4.78, 5) is 4.11. The molecule has 1 saturated heterocycles. The minimum atomic E-state index is 0.537. The highest BCUT2D eigenvalue weighted by molar-refractivity contribution is 5.08. The third-order valence-electron chi connectivity index (χ3n) is 3.22. The highest BCUT2D eigenvalue weighted by atomic mass is 16.5. The Morgan fingerprint density at radius 2 is 2.41 bits per heavy atom. The number of nitrogens with zero attached hydrogens (tertiary/aromatic N) is 1. The summed E-state index contributed by atoms with van der Waals surface area (Å²) in [6.07, 6.45) is 10.3. The Bertz CT molecular complexity index is 296. The van der Waals surface area contributed by atoms with Crippen molar-refractivity contribution in [3.8, 4) is 0 Å². The van der Waals surface area contributed by atoms with Gasteiger partial charge in [0.05, 0.1) is 6.10 Å². The van der Waals surface area contributed by atoms with Crippen LogP contribution in [0.15, 0.2) is 24.5 Å². The van der Waals surface area contributed by atoms with Gasteiger partial charge in [-0.3, -0.25) is 4.98 Å². The van der Waals surface area contributed by atoms with Gasteiger partial charge >= 0.3 is 0 Å². The van der Waals surface area contributed by atoms with Gasteiger partial charge in [-0.2, -0.15) is 0 Å². The third-order valence-corrected chi connectivity index (χ3v) is 3.22. The van der Waals surface area contributed by atoms with Gasteiger partial charge in [-0.1, -0.05) is 6.07 Å². The number of pyridine rings is 1. The van der Waals surface area contributed by atoms with Crippen LogP contribution in [0.25, 0.3) is 0 Å². The van der Waals surface area contributed by atoms with Crippen LogP contribution >= 0.6 is 0 Å². The lowest BCUT2D eigenvalue weighted by Gasteiger charge is -2.09. The number of ether oxygens (including phenoxy) is 1. The maximum Gasteiger partial charge on any atom is 0.0576 e. The zero-order chi connectivity index (χ0) is 11.8. The first-order valence-corrected chi connectivity index (χ1v) is 6.66. The smallest absolute Gasteiger partial charge is 0.0576 e. The highest BCUT2D eigenvalue weighted by Gasteiger charge is 2.14. The number of aromatic nitrogens is 1. The van der Waals surface area contributed by atoms with Crippen LogP contribution in [0.4, 0.5) is 0 Å². The summed E-state index contributed by atoms with van der Waals surface area (Å²) in [5, 5.41) is 3.47. The zero-order valence-corrected chi connectivity index (χ0v) is 10.4. The van der Waals surface area contributed by atoms with Crippen molar-refractivity contribution < 1.29 is 4.74 Å². The van der Waals surface area contributed by atoms with Gasteiger partial charge in [0.1, 0.15) is 0 Å². The van der Waals surface area contributed by atoms with Crippen LogP contribution in [0.5, 0.6) is 0 Å². The van der Waals surface area contributed by atoms with E-state index < -0.39 is 0 Å². The molecule has 0 aromatic carbocycles. The number of nitrogens with one attached hydrogen (secondary N) is 1. The predicted molar refractivity (Wildman–Crippen MR) is 69.0 cm³/mol. The van der Waals surface area contributed by atoms with Gasteiger partial charge in [-0.25, -0.2) is 0 Å². The van der Waals surface area contributed by atoms with E-state index in [9.17, 15) is 0 Å². The number of rotatable bonds is 7. The summed E-state index contributed by atoms with van der Waals surface area (Å²) in [5.41, 5.74) is 1.30. The second-order valence-corrected chi connectivity index (χ2v) is 4.64.